The molecule has 2 atom stereocenters. The number of halogens is 1. The molecule has 0 aliphatic rings. The third-order valence-corrected chi connectivity index (χ3v) is 4.73. The van der Waals surface area contributed by atoms with E-state index in [0.717, 1.165) is 12.1 Å². The van der Waals surface area contributed by atoms with Gasteiger partial charge in [0.15, 0.2) is 0 Å². The van der Waals surface area contributed by atoms with Crippen molar-refractivity contribution in [2.75, 3.05) is 12.0 Å². The third-order valence-electron chi connectivity index (χ3n) is 2.32. The maximum atomic E-state index is 12.7. The summed E-state index contributed by atoms with van der Waals surface area (Å²) in [5, 5.41) is 0. The normalized spacial score (nSPS) is 15.3. The Morgan fingerprint density at radius 2 is 1.89 bits per heavy atom. The molecule has 0 fully saturated rings. The van der Waals surface area contributed by atoms with Crippen molar-refractivity contribution in [2.45, 2.75) is 24.3 Å². The molecule has 0 saturated carbocycles. The average Bonchev–Trinajstić information content (AvgIpc) is 2.26. The number of hydrogen-bond acceptors (Lipinski definition) is 3. The van der Waals surface area contributed by atoms with Gasteiger partial charge in [0.1, 0.15) is 5.82 Å². The quantitative estimate of drug-likeness (QED) is 0.859. The molecule has 0 heterocycles. The standard InChI is InChI=1S/C11H16FNO3S2/c1-9(7-8-17(2)14)13-18(15,16)11-5-3-10(12)4-6-11/h3-6,9,13H,7-8H2,1-2H3. The second-order valence-electron chi connectivity index (χ2n) is 4.04. The second kappa shape index (κ2) is 6.40. The highest BCUT2D eigenvalue weighted by atomic mass is 32.2. The molecule has 1 aromatic carbocycles. The van der Waals surface area contributed by atoms with E-state index in [0.29, 0.717) is 12.2 Å². The fourth-order valence-electron chi connectivity index (χ4n) is 1.35. The second-order valence-corrected chi connectivity index (χ2v) is 7.31. The third kappa shape index (κ3) is 4.83. The number of nitrogens with one attached hydrogen (secondary N) is 1. The molecule has 0 bridgehead atoms. The zero-order chi connectivity index (χ0) is 13.8. The molecule has 0 amide bonds. The Balaban J connectivity index is 2.70. The van der Waals surface area contributed by atoms with Crippen LogP contribution in [0.1, 0.15) is 13.3 Å². The molecule has 0 aliphatic carbocycles. The minimum absolute atomic E-state index is 0.0216. The Morgan fingerprint density at radius 3 is 2.39 bits per heavy atom. The molecule has 18 heavy (non-hydrogen) atoms. The molecule has 0 radical (unpaired) electrons. The molecule has 1 aromatic rings. The lowest BCUT2D eigenvalue weighted by Crippen LogP contribution is -2.33. The van der Waals surface area contributed by atoms with Crippen molar-refractivity contribution in [1.29, 1.82) is 0 Å². The van der Waals surface area contributed by atoms with Crippen LogP contribution in [0.3, 0.4) is 0 Å². The van der Waals surface area contributed by atoms with Gasteiger partial charge in [0.25, 0.3) is 0 Å². The summed E-state index contributed by atoms with van der Waals surface area (Å²) in [6.45, 7) is 1.70. The van der Waals surface area contributed by atoms with Gasteiger partial charge in [-0.05, 0) is 37.6 Å². The van der Waals surface area contributed by atoms with Crippen molar-refractivity contribution in [3.63, 3.8) is 0 Å². The van der Waals surface area contributed by atoms with E-state index < -0.39 is 26.6 Å². The fourth-order valence-corrected chi connectivity index (χ4v) is 3.31. The molecule has 7 heteroatoms. The van der Waals surface area contributed by atoms with Gasteiger partial charge in [-0.15, -0.1) is 0 Å². The van der Waals surface area contributed by atoms with Crippen molar-refractivity contribution in [2.24, 2.45) is 0 Å². The number of hydrogen-bond donors (Lipinski definition) is 1. The van der Waals surface area contributed by atoms with Gasteiger partial charge in [-0.1, -0.05) is 0 Å². The first kappa shape index (κ1) is 15.3. The minimum atomic E-state index is -3.64. The lowest BCUT2D eigenvalue weighted by Gasteiger charge is -2.13. The van der Waals surface area contributed by atoms with Crippen molar-refractivity contribution >= 4 is 20.8 Å². The van der Waals surface area contributed by atoms with E-state index in [1.807, 2.05) is 0 Å². The van der Waals surface area contributed by atoms with Crippen LogP contribution in [0.4, 0.5) is 4.39 Å². The average molecular weight is 293 g/mol. The Bertz CT molecular complexity index is 514. The van der Waals surface area contributed by atoms with Crippen LogP contribution in [0.2, 0.25) is 0 Å². The largest absolute Gasteiger partial charge is 0.260 e. The van der Waals surface area contributed by atoms with Gasteiger partial charge in [0.05, 0.1) is 4.90 Å². The van der Waals surface area contributed by atoms with Crippen molar-refractivity contribution in [3.8, 4) is 0 Å². The number of sulfonamides is 1. The van der Waals surface area contributed by atoms with Crippen LogP contribution >= 0.6 is 0 Å². The summed E-state index contributed by atoms with van der Waals surface area (Å²) in [4.78, 5) is 0.0216. The van der Waals surface area contributed by atoms with Crippen LogP contribution in [0.25, 0.3) is 0 Å². The molecule has 0 aliphatic heterocycles. The molecule has 0 saturated heterocycles. The van der Waals surface area contributed by atoms with Gasteiger partial charge in [0, 0.05) is 28.9 Å². The SMILES string of the molecule is CC(CCS(C)=O)NS(=O)(=O)c1ccc(F)cc1. The van der Waals surface area contributed by atoms with E-state index in [1.165, 1.54) is 12.1 Å². The molecule has 1 N–H and O–H groups in total. The number of benzene rings is 1. The van der Waals surface area contributed by atoms with Gasteiger partial charge in [-0.2, -0.15) is 0 Å². The zero-order valence-electron chi connectivity index (χ0n) is 10.2. The molecule has 1 rings (SSSR count). The van der Waals surface area contributed by atoms with Crippen LogP contribution in [0.5, 0.6) is 0 Å². The Labute approximate surface area is 109 Å². The number of rotatable bonds is 6. The van der Waals surface area contributed by atoms with Gasteiger partial charge >= 0.3 is 0 Å². The summed E-state index contributed by atoms with van der Waals surface area (Å²) < 4.78 is 49.9. The van der Waals surface area contributed by atoms with E-state index in [2.05, 4.69) is 4.72 Å². The molecular weight excluding hydrogens is 277 g/mol. The summed E-state index contributed by atoms with van der Waals surface area (Å²) >= 11 is 0. The zero-order valence-corrected chi connectivity index (χ0v) is 11.9. The smallest absolute Gasteiger partial charge is 0.240 e. The van der Waals surface area contributed by atoms with Crippen LogP contribution in [0.15, 0.2) is 29.2 Å². The summed E-state index contributed by atoms with van der Waals surface area (Å²) in [6, 6.07) is 4.30. The van der Waals surface area contributed by atoms with Crippen LogP contribution in [-0.2, 0) is 20.8 Å². The van der Waals surface area contributed by atoms with Crippen molar-refractivity contribution < 1.29 is 17.0 Å². The molecule has 2 unspecified atom stereocenters. The topological polar surface area (TPSA) is 63.2 Å². The summed E-state index contributed by atoms with van der Waals surface area (Å²) in [7, 11) is -4.59. The molecule has 0 spiro atoms. The van der Waals surface area contributed by atoms with E-state index in [9.17, 15) is 17.0 Å². The molecule has 102 valence electrons. The lowest BCUT2D eigenvalue weighted by atomic mass is 10.3. The maximum Gasteiger partial charge on any atom is 0.240 e. The summed E-state index contributed by atoms with van der Waals surface area (Å²) in [5.74, 6) is -0.0454. The molecular formula is C11H16FNO3S2. The highest BCUT2D eigenvalue weighted by molar-refractivity contribution is 7.89. The first-order valence-electron chi connectivity index (χ1n) is 5.39. The first-order valence-corrected chi connectivity index (χ1v) is 8.60. The van der Waals surface area contributed by atoms with Crippen LogP contribution < -0.4 is 4.72 Å². The van der Waals surface area contributed by atoms with E-state index >= 15 is 0 Å². The minimum Gasteiger partial charge on any atom is -0.260 e. The highest BCUT2D eigenvalue weighted by Gasteiger charge is 2.17. The monoisotopic (exact) mass is 293 g/mol. The Hall–Kier alpha value is -0.790. The molecule has 0 aromatic heterocycles. The van der Waals surface area contributed by atoms with Gasteiger partial charge in [-0.25, -0.2) is 17.5 Å². The van der Waals surface area contributed by atoms with Gasteiger partial charge in [0.2, 0.25) is 10.0 Å². The first-order chi connectivity index (χ1) is 8.31. The van der Waals surface area contributed by atoms with E-state index in [-0.39, 0.29) is 10.9 Å². The fraction of sp³-hybridized carbons (Fsp3) is 0.455. The maximum absolute atomic E-state index is 12.7. The van der Waals surface area contributed by atoms with Crippen molar-refractivity contribution in [1.82, 2.24) is 4.72 Å². The predicted molar refractivity (Wildman–Crippen MR) is 69.7 cm³/mol. The Morgan fingerprint density at radius 1 is 1.33 bits per heavy atom. The van der Waals surface area contributed by atoms with Crippen LogP contribution in [0, 0.1) is 5.82 Å². The highest BCUT2D eigenvalue weighted by Crippen LogP contribution is 2.10. The van der Waals surface area contributed by atoms with E-state index in [1.54, 1.807) is 13.2 Å². The van der Waals surface area contributed by atoms with Gasteiger partial charge < -0.3 is 0 Å². The Kier molecular flexibility index (Phi) is 5.43. The lowest BCUT2D eigenvalue weighted by molar-refractivity contribution is 0.555. The molecule has 4 nitrogen and oxygen atoms in total. The van der Waals surface area contributed by atoms with Crippen LogP contribution in [-0.4, -0.2) is 30.7 Å². The summed E-state index contributed by atoms with van der Waals surface area (Å²) in [6.07, 6.45) is 2.06. The predicted octanol–water partition coefficient (Wildman–Crippen LogP) is 1.26. The van der Waals surface area contributed by atoms with Crippen molar-refractivity contribution in [3.05, 3.63) is 30.1 Å². The van der Waals surface area contributed by atoms with Gasteiger partial charge in [-0.3, -0.25) is 4.21 Å². The van der Waals surface area contributed by atoms with E-state index in [4.69, 9.17) is 0 Å². The summed E-state index contributed by atoms with van der Waals surface area (Å²) in [5.41, 5.74) is 0.